The molecular formula is C23H20N4O2S. The van der Waals surface area contributed by atoms with Crippen molar-refractivity contribution >= 4 is 34.1 Å². The average molecular weight is 417 g/mol. The van der Waals surface area contributed by atoms with Crippen LogP contribution in [0.4, 0.5) is 21.3 Å². The highest BCUT2D eigenvalue weighted by molar-refractivity contribution is 7.11. The van der Waals surface area contributed by atoms with Gasteiger partial charge in [0.15, 0.2) is 0 Å². The molecule has 0 fully saturated rings. The van der Waals surface area contributed by atoms with Crippen LogP contribution in [0.2, 0.25) is 0 Å². The number of carbonyl (C=O) groups excluding carboxylic acids is 1. The molecule has 0 spiro atoms. The van der Waals surface area contributed by atoms with Crippen molar-refractivity contribution in [2.45, 2.75) is 13.8 Å². The maximum Gasteiger partial charge on any atom is 0.364 e. The van der Waals surface area contributed by atoms with Crippen molar-refractivity contribution < 1.29 is 4.79 Å². The summed E-state index contributed by atoms with van der Waals surface area (Å²) in [5.41, 5.74) is 3.61. The average Bonchev–Trinajstić information content (AvgIpc) is 3.10. The number of hydrogen-bond donors (Lipinski definition) is 1. The zero-order valence-corrected chi connectivity index (χ0v) is 17.4. The number of amides is 2. The summed E-state index contributed by atoms with van der Waals surface area (Å²) in [6.45, 7) is 3.93. The van der Waals surface area contributed by atoms with E-state index in [-0.39, 0.29) is 6.03 Å². The van der Waals surface area contributed by atoms with Gasteiger partial charge >= 0.3 is 11.7 Å². The largest absolute Gasteiger partial charge is 0.364 e. The van der Waals surface area contributed by atoms with Gasteiger partial charge in [-0.15, -0.1) is 0 Å². The lowest BCUT2D eigenvalue weighted by atomic mass is 10.1. The van der Waals surface area contributed by atoms with Gasteiger partial charge in [0.2, 0.25) is 5.13 Å². The molecule has 4 aromatic rings. The first-order chi connectivity index (χ1) is 14.5. The van der Waals surface area contributed by atoms with E-state index < -0.39 is 5.69 Å². The van der Waals surface area contributed by atoms with Crippen LogP contribution < -0.4 is 15.9 Å². The SMILES string of the molecule is Cc1cc(C)cc(N(C(=O)Nc2ccccc2)c2nc(=O)n(-c3ccccc3)s2)c1. The van der Waals surface area contributed by atoms with Crippen molar-refractivity contribution in [1.82, 2.24) is 8.94 Å². The molecule has 4 rings (SSSR count). The molecule has 0 unspecified atom stereocenters. The number of benzene rings is 3. The third-order valence-corrected chi connectivity index (χ3v) is 5.40. The van der Waals surface area contributed by atoms with Gasteiger partial charge in [-0.05, 0) is 72.9 Å². The normalized spacial score (nSPS) is 10.6. The fourth-order valence-electron chi connectivity index (χ4n) is 3.18. The van der Waals surface area contributed by atoms with Gasteiger partial charge < -0.3 is 5.32 Å². The second-order valence-electron chi connectivity index (χ2n) is 6.88. The number of aryl methyl sites for hydroxylation is 2. The molecule has 0 bridgehead atoms. The zero-order chi connectivity index (χ0) is 21.1. The van der Waals surface area contributed by atoms with E-state index in [9.17, 15) is 9.59 Å². The summed E-state index contributed by atoms with van der Waals surface area (Å²) in [4.78, 5) is 31.5. The van der Waals surface area contributed by atoms with E-state index in [4.69, 9.17) is 0 Å². The van der Waals surface area contributed by atoms with Gasteiger partial charge in [0, 0.05) is 5.69 Å². The van der Waals surface area contributed by atoms with Crippen LogP contribution >= 0.6 is 11.5 Å². The predicted octanol–water partition coefficient (Wildman–Crippen LogP) is 5.28. The zero-order valence-electron chi connectivity index (χ0n) is 16.6. The van der Waals surface area contributed by atoms with E-state index in [1.807, 2.05) is 92.7 Å². The van der Waals surface area contributed by atoms with Gasteiger partial charge in [-0.2, -0.15) is 4.98 Å². The first-order valence-electron chi connectivity index (χ1n) is 9.41. The summed E-state index contributed by atoms with van der Waals surface area (Å²) in [6.07, 6.45) is 0. The number of hydrogen-bond acceptors (Lipinski definition) is 4. The number of nitrogens with zero attached hydrogens (tertiary/aromatic N) is 3. The number of nitrogens with one attached hydrogen (secondary N) is 1. The van der Waals surface area contributed by atoms with Crippen LogP contribution in [0.15, 0.2) is 83.7 Å². The Labute approximate surface area is 178 Å². The number of rotatable bonds is 4. The number of para-hydroxylation sites is 2. The van der Waals surface area contributed by atoms with E-state index in [0.717, 1.165) is 22.7 Å². The smallest absolute Gasteiger partial charge is 0.307 e. The fraction of sp³-hybridized carbons (Fsp3) is 0.0870. The van der Waals surface area contributed by atoms with Gasteiger partial charge in [0.05, 0.1) is 11.4 Å². The molecule has 30 heavy (non-hydrogen) atoms. The van der Waals surface area contributed by atoms with Crippen molar-refractivity contribution in [1.29, 1.82) is 0 Å². The lowest BCUT2D eigenvalue weighted by Crippen LogP contribution is -2.31. The molecule has 0 aliphatic heterocycles. The first-order valence-corrected chi connectivity index (χ1v) is 10.2. The van der Waals surface area contributed by atoms with Crippen molar-refractivity contribution in [2.24, 2.45) is 0 Å². The van der Waals surface area contributed by atoms with Gasteiger partial charge in [-0.3, -0.25) is 0 Å². The third kappa shape index (κ3) is 4.16. The molecule has 0 aliphatic carbocycles. The molecule has 1 aromatic heterocycles. The molecule has 2 amide bonds. The molecular weight excluding hydrogens is 396 g/mol. The molecule has 0 saturated heterocycles. The minimum atomic E-state index is -0.428. The Kier molecular flexibility index (Phi) is 5.45. The molecule has 7 heteroatoms. The van der Waals surface area contributed by atoms with Gasteiger partial charge in [-0.25, -0.2) is 18.4 Å². The van der Waals surface area contributed by atoms with E-state index in [1.165, 1.54) is 8.86 Å². The lowest BCUT2D eigenvalue weighted by Gasteiger charge is -2.21. The molecule has 3 aromatic carbocycles. The predicted molar refractivity (Wildman–Crippen MR) is 121 cm³/mol. The Balaban J connectivity index is 1.79. The van der Waals surface area contributed by atoms with Crippen LogP contribution in [0, 0.1) is 13.8 Å². The summed E-state index contributed by atoms with van der Waals surface area (Å²) < 4.78 is 1.47. The fourth-order valence-corrected chi connectivity index (χ4v) is 4.08. The van der Waals surface area contributed by atoms with Gasteiger partial charge in [0.25, 0.3) is 0 Å². The summed E-state index contributed by atoms with van der Waals surface area (Å²) >= 11 is 1.12. The number of urea groups is 1. The Morgan fingerprint density at radius 1 is 0.933 bits per heavy atom. The minimum Gasteiger partial charge on any atom is -0.307 e. The van der Waals surface area contributed by atoms with Crippen LogP contribution in [0.25, 0.3) is 5.69 Å². The number of anilines is 3. The highest BCUT2D eigenvalue weighted by Crippen LogP contribution is 2.30. The Morgan fingerprint density at radius 2 is 1.53 bits per heavy atom. The second kappa shape index (κ2) is 8.34. The second-order valence-corrected chi connectivity index (χ2v) is 7.79. The topological polar surface area (TPSA) is 67.2 Å². The third-order valence-electron chi connectivity index (χ3n) is 4.41. The molecule has 0 atom stereocenters. The Hall–Kier alpha value is -3.71. The summed E-state index contributed by atoms with van der Waals surface area (Å²) in [6, 6.07) is 23.9. The number of aromatic nitrogens is 2. The Bertz CT molecular complexity index is 1210. The molecule has 150 valence electrons. The van der Waals surface area contributed by atoms with Crippen LogP contribution in [0.1, 0.15) is 11.1 Å². The highest BCUT2D eigenvalue weighted by atomic mass is 32.1. The number of carbonyl (C=O) groups is 1. The molecule has 0 saturated carbocycles. The monoisotopic (exact) mass is 416 g/mol. The molecule has 6 nitrogen and oxygen atoms in total. The van der Waals surface area contributed by atoms with Crippen molar-refractivity contribution in [2.75, 3.05) is 10.2 Å². The quantitative estimate of drug-likeness (QED) is 0.492. The van der Waals surface area contributed by atoms with E-state index in [1.54, 1.807) is 0 Å². The van der Waals surface area contributed by atoms with Crippen molar-refractivity contribution in [3.63, 3.8) is 0 Å². The van der Waals surface area contributed by atoms with Crippen LogP contribution in [-0.2, 0) is 0 Å². The van der Waals surface area contributed by atoms with E-state index in [0.29, 0.717) is 22.2 Å². The minimum absolute atomic E-state index is 0.294. The van der Waals surface area contributed by atoms with Crippen molar-refractivity contribution in [3.05, 3.63) is 100 Å². The maximum absolute atomic E-state index is 13.3. The Morgan fingerprint density at radius 3 is 2.17 bits per heavy atom. The van der Waals surface area contributed by atoms with Crippen molar-refractivity contribution in [3.8, 4) is 5.69 Å². The molecule has 1 heterocycles. The maximum atomic E-state index is 13.3. The van der Waals surface area contributed by atoms with Crippen LogP contribution in [0.3, 0.4) is 0 Å². The van der Waals surface area contributed by atoms with E-state index >= 15 is 0 Å². The molecule has 0 aliphatic rings. The highest BCUT2D eigenvalue weighted by Gasteiger charge is 2.24. The van der Waals surface area contributed by atoms with Gasteiger partial charge in [-0.1, -0.05) is 42.5 Å². The standard InChI is InChI=1S/C23H20N4O2S/c1-16-13-17(2)15-20(14-16)26(21(28)24-18-9-5-3-6-10-18)23-25-22(29)27(30-23)19-11-7-4-8-12-19/h3-15H,1-2H3,(H,24,28). The van der Waals surface area contributed by atoms with Gasteiger partial charge in [0.1, 0.15) is 0 Å². The van der Waals surface area contributed by atoms with E-state index in [2.05, 4.69) is 10.3 Å². The summed E-state index contributed by atoms with van der Waals surface area (Å²) in [7, 11) is 0. The lowest BCUT2D eigenvalue weighted by molar-refractivity contribution is 0.259. The molecule has 1 N–H and O–H groups in total. The summed E-state index contributed by atoms with van der Waals surface area (Å²) in [5.74, 6) is 0. The molecule has 0 radical (unpaired) electrons. The van der Waals surface area contributed by atoms with Crippen LogP contribution in [-0.4, -0.2) is 15.0 Å². The first kappa shape index (κ1) is 19.6. The van der Waals surface area contributed by atoms with Crippen LogP contribution in [0.5, 0.6) is 0 Å². The summed E-state index contributed by atoms with van der Waals surface area (Å²) in [5, 5.41) is 3.18.